The topological polar surface area (TPSA) is 3.24 Å². The number of rotatable bonds is 6. The molecule has 0 fully saturated rings. The molecule has 2 radical (unpaired) electrons. The highest BCUT2D eigenvalue weighted by molar-refractivity contribution is 4.61. The third-order valence-electron chi connectivity index (χ3n) is 1.53. The molecule has 1 nitrogen and oxygen atoms in total. The summed E-state index contributed by atoms with van der Waals surface area (Å²) >= 11 is 0. The fourth-order valence-electron chi connectivity index (χ4n) is 0.948. The lowest BCUT2D eigenvalue weighted by Crippen LogP contribution is -2.15. The maximum absolute atomic E-state index is 3.24. The van der Waals surface area contributed by atoms with Crippen LogP contribution in [0.2, 0.25) is 0 Å². The van der Waals surface area contributed by atoms with Gasteiger partial charge in [-0.1, -0.05) is 26.7 Å². The second-order valence-electron chi connectivity index (χ2n) is 2.64. The predicted octanol–water partition coefficient (Wildman–Crippen LogP) is 2.56. The zero-order chi connectivity index (χ0) is 7.82. The molecule has 60 valence electrons. The molecule has 1 heteroatoms. The van der Waals surface area contributed by atoms with Gasteiger partial charge in [-0.15, -0.1) is 0 Å². The van der Waals surface area contributed by atoms with Gasteiger partial charge in [0.05, 0.1) is 6.54 Å². The molecular weight excluding hydrogens is 122 g/mol. The van der Waals surface area contributed by atoms with Gasteiger partial charge in [0, 0.05) is 0 Å². The Hall–Kier alpha value is -0.0400. The maximum atomic E-state index is 3.24. The van der Waals surface area contributed by atoms with Crippen molar-refractivity contribution in [3.63, 3.8) is 0 Å². The van der Waals surface area contributed by atoms with Gasteiger partial charge in [-0.3, -0.25) is 4.90 Å². The van der Waals surface area contributed by atoms with E-state index in [2.05, 4.69) is 32.3 Å². The van der Waals surface area contributed by atoms with Crippen LogP contribution in [0.5, 0.6) is 0 Å². The summed E-state index contributed by atoms with van der Waals surface area (Å²) in [7, 11) is 2.10. The lowest BCUT2D eigenvalue weighted by atomic mass is 10.2. The molecule has 0 aliphatic rings. The molecule has 0 N–H and O–H groups in total. The molecule has 0 aliphatic carbocycles. The van der Waals surface area contributed by atoms with E-state index in [1.165, 1.54) is 25.8 Å². The van der Waals surface area contributed by atoms with Crippen molar-refractivity contribution in [3.05, 3.63) is 6.54 Å². The lowest BCUT2D eigenvalue weighted by Gasteiger charge is -2.12. The summed E-state index contributed by atoms with van der Waals surface area (Å²) in [6.07, 6.45) is 4.98. The largest absolute Gasteiger partial charge is 0.297 e. The van der Waals surface area contributed by atoms with Gasteiger partial charge in [-0.25, -0.2) is 0 Å². The van der Waals surface area contributed by atoms with Crippen molar-refractivity contribution in [2.45, 2.75) is 39.5 Å². The summed E-state index contributed by atoms with van der Waals surface area (Å²) < 4.78 is 0. The molecule has 0 bridgehead atoms. The minimum Gasteiger partial charge on any atom is -0.297 e. The first-order valence-corrected chi connectivity index (χ1v) is 4.25. The summed E-state index contributed by atoms with van der Waals surface area (Å²) in [5.74, 6) is 0. The Kier molecular flexibility index (Phi) is 7.04. The van der Waals surface area contributed by atoms with E-state index in [1.807, 2.05) is 0 Å². The summed E-state index contributed by atoms with van der Waals surface area (Å²) in [5, 5.41) is 0. The summed E-state index contributed by atoms with van der Waals surface area (Å²) in [5.41, 5.74) is 0. The maximum Gasteiger partial charge on any atom is 0.0610 e. The normalized spacial score (nSPS) is 10.8. The van der Waals surface area contributed by atoms with Crippen LogP contribution in [0.1, 0.15) is 39.5 Å². The second-order valence-corrected chi connectivity index (χ2v) is 2.64. The van der Waals surface area contributed by atoms with Crippen molar-refractivity contribution in [1.29, 1.82) is 0 Å². The standard InChI is InChI=1S/C9H19N/c1-4-6-7-9-10(3)8-5-2/h4-7,9H2,1-3H3. The Bertz CT molecular complexity index is 61.7. The van der Waals surface area contributed by atoms with E-state index in [1.54, 1.807) is 0 Å². The fraction of sp³-hybridized carbons (Fsp3) is 0.889. The molecule has 10 heavy (non-hydrogen) atoms. The van der Waals surface area contributed by atoms with Crippen molar-refractivity contribution in [2.75, 3.05) is 13.6 Å². The van der Waals surface area contributed by atoms with Crippen LogP contribution < -0.4 is 0 Å². The molecule has 0 aromatic carbocycles. The average Bonchev–Trinajstić information content (AvgIpc) is 1.89. The van der Waals surface area contributed by atoms with Crippen LogP contribution in [0.3, 0.4) is 0 Å². The third-order valence-corrected chi connectivity index (χ3v) is 1.53. The first-order chi connectivity index (χ1) is 4.81. The van der Waals surface area contributed by atoms with Gasteiger partial charge in [0.2, 0.25) is 0 Å². The van der Waals surface area contributed by atoms with Crippen LogP contribution in [-0.2, 0) is 0 Å². The predicted molar refractivity (Wildman–Crippen MR) is 45.7 cm³/mol. The summed E-state index contributed by atoms with van der Waals surface area (Å²) in [6.45, 7) is 8.76. The summed E-state index contributed by atoms with van der Waals surface area (Å²) in [4.78, 5) is 2.16. The van der Waals surface area contributed by atoms with Crippen LogP contribution in [-0.4, -0.2) is 18.5 Å². The minimum atomic E-state index is 1.03. The summed E-state index contributed by atoms with van der Waals surface area (Å²) in [6, 6.07) is 0. The van der Waals surface area contributed by atoms with Crippen molar-refractivity contribution in [3.8, 4) is 0 Å². The van der Waals surface area contributed by atoms with Crippen molar-refractivity contribution >= 4 is 0 Å². The number of hydrogen-bond acceptors (Lipinski definition) is 1. The number of hydrogen-bond donors (Lipinski definition) is 0. The molecule has 0 atom stereocenters. The molecule has 0 unspecified atom stereocenters. The quantitative estimate of drug-likeness (QED) is 0.406. The first-order valence-electron chi connectivity index (χ1n) is 4.25. The lowest BCUT2D eigenvalue weighted by molar-refractivity contribution is 0.382. The van der Waals surface area contributed by atoms with E-state index in [4.69, 9.17) is 0 Å². The molecule has 0 saturated heterocycles. The van der Waals surface area contributed by atoms with E-state index in [0.29, 0.717) is 0 Å². The van der Waals surface area contributed by atoms with Crippen LogP contribution in [0.4, 0.5) is 0 Å². The van der Waals surface area contributed by atoms with E-state index in [-0.39, 0.29) is 0 Å². The first kappa shape index (κ1) is 9.96. The Labute approximate surface area is 65.4 Å². The van der Waals surface area contributed by atoms with Gasteiger partial charge in [-0.05, 0) is 26.4 Å². The Morgan fingerprint density at radius 2 is 1.90 bits per heavy atom. The smallest absolute Gasteiger partial charge is 0.0610 e. The monoisotopic (exact) mass is 141 g/mol. The average molecular weight is 141 g/mol. The second kappa shape index (κ2) is 7.07. The molecular formula is C9H19N. The number of unbranched alkanes of at least 4 members (excludes halogenated alkanes) is 2. The van der Waals surface area contributed by atoms with Crippen LogP contribution in [0, 0.1) is 6.54 Å². The highest BCUT2D eigenvalue weighted by atomic mass is 15.1. The molecule has 0 aromatic rings. The van der Waals surface area contributed by atoms with Crippen molar-refractivity contribution in [1.82, 2.24) is 4.90 Å². The van der Waals surface area contributed by atoms with Gasteiger partial charge >= 0.3 is 0 Å². The van der Waals surface area contributed by atoms with Crippen molar-refractivity contribution < 1.29 is 0 Å². The van der Waals surface area contributed by atoms with Gasteiger partial charge < -0.3 is 0 Å². The fourth-order valence-corrected chi connectivity index (χ4v) is 0.948. The van der Waals surface area contributed by atoms with Crippen LogP contribution >= 0.6 is 0 Å². The molecule has 0 amide bonds. The molecule has 0 aromatic heterocycles. The molecule has 0 rings (SSSR count). The van der Waals surface area contributed by atoms with E-state index in [0.717, 1.165) is 6.42 Å². The van der Waals surface area contributed by atoms with Crippen molar-refractivity contribution in [2.24, 2.45) is 0 Å². The zero-order valence-electron chi connectivity index (χ0n) is 7.48. The third kappa shape index (κ3) is 6.09. The van der Waals surface area contributed by atoms with E-state index in [9.17, 15) is 0 Å². The highest BCUT2D eigenvalue weighted by Gasteiger charge is 1.94. The Morgan fingerprint density at radius 1 is 1.20 bits per heavy atom. The van der Waals surface area contributed by atoms with Gasteiger partial charge in [0.25, 0.3) is 0 Å². The molecule has 0 spiro atoms. The van der Waals surface area contributed by atoms with Crippen LogP contribution in [0.25, 0.3) is 0 Å². The van der Waals surface area contributed by atoms with Gasteiger partial charge in [-0.2, -0.15) is 0 Å². The van der Waals surface area contributed by atoms with E-state index < -0.39 is 0 Å². The zero-order valence-corrected chi connectivity index (χ0v) is 7.48. The van der Waals surface area contributed by atoms with Crippen LogP contribution in [0.15, 0.2) is 0 Å². The molecule has 0 aliphatic heterocycles. The Balaban J connectivity index is 2.97. The van der Waals surface area contributed by atoms with Gasteiger partial charge in [0.15, 0.2) is 0 Å². The molecule has 0 saturated carbocycles. The highest BCUT2D eigenvalue weighted by Crippen LogP contribution is 1.98. The number of nitrogens with zero attached hydrogens (tertiary/aromatic N) is 1. The van der Waals surface area contributed by atoms with Gasteiger partial charge in [0.1, 0.15) is 0 Å². The Morgan fingerprint density at radius 3 is 2.40 bits per heavy atom. The van der Waals surface area contributed by atoms with E-state index >= 15 is 0 Å². The minimum absolute atomic E-state index is 1.03. The SMILES string of the molecule is CC[C]N(C)CCCCC. The molecule has 0 heterocycles.